The smallest absolute Gasteiger partial charge is 0.173 e. The second kappa shape index (κ2) is 8.61. The molecule has 1 nitrogen and oxygen atoms in total. The van der Waals surface area contributed by atoms with E-state index in [1.54, 1.807) is 10.4 Å². The Labute approximate surface area is 207 Å². The Kier molecular flexibility index (Phi) is 5.89. The standard InChI is InChI=1S/C30H34OSi3/c1-32(2)31-30(26-17-9-5-10-18-26,27-19-11-6-12-20-27)25-34(33(32,3)4,28-21-13-7-14-22-28)29-23-15-8-16-24-29/h5-24H,25H2,1-4H3. The molecule has 1 saturated heterocycles. The van der Waals surface area contributed by atoms with Gasteiger partial charge in [0.2, 0.25) is 0 Å². The summed E-state index contributed by atoms with van der Waals surface area (Å²) in [4.78, 5) is 0. The zero-order valence-electron chi connectivity index (χ0n) is 20.7. The van der Waals surface area contributed by atoms with Crippen molar-refractivity contribution in [1.29, 1.82) is 0 Å². The first kappa shape index (κ1) is 23.2. The molecule has 0 N–H and O–H groups in total. The van der Waals surface area contributed by atoms with Crippen LogP contribution in [0.15, 0.2) is 121 Å². The van der Waals surface area contributed by atoms with Crippen LogP contribution in [0.2, 0.25) is 32.2 Å². The average molecular weight is 495 g/mol. The van der Waals surface area contributed by atoms with Crippen LogP contribution < -0.4 is 10.4 Å². The first-order valence-corrected chi connectivity index (χ1v) is 22.4. The molecule has 1 fully saturated rings. The minimum absolute atomic E-state index is 0.446. The fraction of sp³-hybridized carbons (Fsp3) is 0.200. The molecular formula is C30H34OSi3. The van der Waals surface area contributed by atoms with Gasteiger partial charge in [0.25, 0.3) is 0 Å². The van der Waals surface area contributed by atoms with Crippen molar-refractivity contribution in [2.45, 2.75) is 37.8 Å². The molecule has 0 spiro atoms. The van der Waals surface area contributed by atoms with E-state index in [0.717, 1.165) is 6.04 Å². The van der Waals surface area contributed by atoms with Crippen LogP contribution in [0.1, 0.15) is 11.1 Å². The van der Waals surface area contributed by atoms with E-state index >= 15 is 0 Å². The third-order valence-corrected chi connectivity index (χ3v) is 45.5. The van der Waals surface area contributed by atoms with Gasteiger partial charge in [-0.1, -0.05) is 145 Å². The van der Waals surface area contributed by atoms with Crippen molar-refractivity contribution in [3.63, 3.8) is 0 Å². The predicted molar refractivity (Wildman–Crippen MR) is 152 cm³/mol. The number of benzene rings is 4. The largest absolute Gasteiger partial charge is 0.407 e. The Balaban J connectivity index is 1.90. The van der Waals surface area contributed by atoms with E-state index < -0.39 is 28.1 Å². The van der Waals surface area contributed by atoms with Gasteiger partial charge in [0.1, 0.15) is 13.2 Å². The van der Waals surface area contributed by atoms with Crippen molar-refractivity contribution in [1.82, 2.24) is 0 Å². The van der Waals surface area contributed by atoms with E-state index in [1.165, 1.54) is 11.1 Å². The summed E-state index contributed by atoms with van der Waals surface area (Å²) >= 11 is 0. The normalized spacial score (nSPS) is 19.9. The Morgan fingerprint density at radius 3 is 1.26 bits per heavy atom. The third-order valence-electron chi connectivity index (χ3n) is 8.53. The highest BCUT2D eigenvalue weighted by Gasteiger charge is 2.68. The molecular weight excluding hydrogens is 461 g/mol. The lowest BCUT2D eigenvalue weighted by Crippen LogP contribution is -2.87. The molecule has 34 heavy (non-hydrogen) atoms. The summed E-state index contributed by atoms with van der Waals surface area (Å²) in [6, 6.07) is 46.1. The summed E-state index contributed by atoms with van der Waals surface area (Å²) in [5, 5.41) is 3.14. The fourth-order valence-electron chi connectivity index (χ4n) is 6.15. The molecule has 0 unspecified atom stereocenters. The zero-order chi connectivity index (χ0) is 23.9. The Morgan fingerprint density at radius 1 is 0.529 bits per heavy atom. The minimum Gasteiger partial charge on any atom is -0.407 e. The van der Waals surface area contributed by atoms with E-state index in [0.29, 0.717) is 0 Å². The van der Waals surface area contributed by atoms with Crippen LogP contribution in [0.4, 0.5) is 0 Å². The van der Waals surface area contributed by atoms with Crippen LogP contribution in [0.25, 0.3) is 0 Å². The lowest BCUT2D eigenvalue weighted by atomic mass is 9.88. The van der Waals surface area contributed by atoms with E-state index in [2.05, 4.69) is 148 Å². The minimum atomic E-state index is -2.22. The maximum absolute atomic E-state index is 7.58. The van der Waals surface area contributed by atoms with Crippen molar-refractivity contribution in [3.8, 4) is 0 Å². The first-order chi connectivity index (χ1) is 16.3. The predicted octanol–water partition coefficient (Wildman–Crippen LogP) is 6.29. The van der Waals surface area contributed by atoms with Gasteiger partial charge in [-0.15, -0.1) is 0 Å². The fourth-order valence-corrected chi connectivity index (χ4v) is 39.0. The molecule has 0 aromatic heterocycles. The van der Waals surface area contributed by atoms with Crippen LogP contribution in [0.5, 0.6) is 0 Å². The summed E-state index contributed by atoms with van der Waals surface area (Å²) in [7, 11) is -6.22. The third kappa shape index (κ3) is 3.43. The van der Waals surface area contributed by atoms with Gasteiger partial charge in [0, 0.05) is 0 Å². The van der Waals surface area contributed by atoms with Crippen LogP contribution in [-0.4, -0.2) is 22.5 Å². The van der Waals surface area contributed by atoms with Gasteiger partial charge in [-0.05, 0) is 30.3 Å². The van der Waals surface area contributed by atoms with Crippen molar-refractivity contribution in [3.05, 3.63) is 132 Å². The number of hydrogen-bond acceptors (Lipinski definition) is 1. The second-order valence-electron chi connectivity index (χ2n) is 10.6. The van der Waals surface area contributed by atoms with Gasteiger partial charge in [-0.2, -0.15) is 0 Å². The van der Waals surface area contributed by atoms with Crippen LogP contribution in [-0.2, 0) is 10.0 Å². The summed E-state index contributed by atoms with van der Waals surface area (Å²) in [6.45, 7) is 10.3. The SMILES string of the molecule is C[Si]1(C)OC(c2ccccc2)(c2ccccc2)C[Si](c2ccccc2)(c2ccccc2)[Si]1(C)C. The molecule has 4 aromatic carbocycles. The molecule has 5 rings (SSSR count). The van der Waals surface area contributed by atoms with Gasteiger partial charge in [0.05, 0.1) is 7.11 Å². The van der Waals surface area contributed by atoms with Crippen molar-refractivity contribution in [2.75, 3.05) is 0 Å². The molecule has 0 amide bonds. The Hall–Kier alpha value is -2.51. The first-order valence-electron chi connectivity index (χ1n) is 12.3. The summed E-state index contributed by atoms with van der Waals surface area (Å²) < 4.78 is 7.58. The maximum atomic E-state index is 7.58. The van der Waals surface area contributed by atoms with Gasteiger partial charge in [-0.25, -0.2) is 0 Å². The highest BCUT2D eigenvalue weighted by Crippen LogP contribution is 2.51. The molecule has 4 heteroatoms. The molecule has 0 aliphatic carbocycles. The quantitative estimate of drug-likeness (QED) is 0.303. The Morgan fingerprint density at radius 2 is 0.882 bits per heavy atom. The summed E-state index contributed by atoms with van der Waals surface area (Å²) in [5.41, 5.74) is 2.13. The molecule has 0 atom stereocenters. The lowest BCUT2D eigenvalue weighted by Gasteiger charge is -2.62. The Bertz CT molecular complexity index is 1160. The van der Waals surface area contributed by atoms with Gasteiger partial charge < -0.3 is 4.43 Å². The van der Waals surface area contributed by atoms with Crippen LogP contribution in [0, 0.1) is 0 Å². The zero-order valence-corrected chi connectivity index (χ0v) is 23.7. The molecule has 1 aliphatic heterocycles. The molecule has 0 saturated carbocycles. The van der Waals surface area contributed by atoms with Gasteiger partial charge in [-0.3, -0.25) is 0 Å². The highest BCUT2D eigenvalue weighted by molar-refractivity contribution is 7.73. The molecule has 0 bridgehead atoms. The molecule has 172 valence electrons. The van der Waals surface area contributed by atoms with Crippen molar-refractivity contribution >= 4 is 32.9 Å². The summed E-state index contributed by atoms with van der Waals surface area (Å²) in [5.74, 6) is 0. The summed E-state index contributed by atoms with van der Waals surface area (Å²) in [6.07, 6.45) is 0. The van der Waals surface area contributed by atoms with E-state index in [9.17, 15) is 0 Å². The van der Waals surface area contributed by atoms with Crippen molar-refractivity contribution in [2.24, 2.45) is 0 Å². The average Bonchev–Trinajstić information content (AvgIpc) is 2.88. The topological polar surface area (TPSA) is 9.23 Å². The highest BCUT2D eigenvalue weighted by atomic mass is 29.6. The van der Waals surface area contributed by atoms with E-state index in [1.807, 2.05) is 0 Å². The van der Waals surface area contributed by atoms with E-state index in [-0.39, 0.29) is 0 Å². The monoisotopic (exact) mass is 494 g/mol. The lowest BCUT2D eigenvalue weighted by molar-refractivity contribution is 0.124. The molecule has 4 aromatic rings. The van der Waals surface area contributed by atoms with Crippen LogP contribution >= 0.6 is 0 Å². The van der Waals surface area contributed by atoms with Gasteiger partial charge in [0.15, 0.2) is 7.83 Å². The molecule has 0 radical (unpaired) electrons. The van der Waals surface area contributed by atoms with Crippen LogP contribution in [0.3, 0.4) is 0 Å². The van der Waals surface area contributed by atoms with E-state index in [4.69, 9.17) is 4.43 Å². The van der Waals surface area contributed by atoms with Gasteiger partial charge >= 0.3 is 0 Å². The molecule has 1 heterocycles. The van der Waals surface area contributed by atoms with Crippen molar-refractivity contribution < 1.29 is 4.43 Å². The number of rotatable bonds is 4. The second-order valence-corrected chi connectivity index (χ2v) is 35.6. The molecule has 1 aliphatic rings. The maximum Gasteiger partial charge on any atom is 0.173 e. The number of hydrogen-bond donors (Lipinski definition) is 0.